The highest BCUT2D eigenvalue weighted by Gasteiger charge is 2.56. The number of ether oxygens (including phenoxy) is 4. The van der Waals surface area contributed by atoms with Crippen LogP contribution in [-0.2, 0) is 30.2 Å². The topological polar surface area (TPSA) is 88.1 Å². The highest BCUT2D eigenvalue weighted by Crippen LogP contribution is 2.35. The van der Waals surface area contributed by atoms with Gasteiger partial charge in [0.1, 0.15) is 11.3 Å². The summed E-state index contributed by atoms with van der Waals surface area (Å²) in [5.74, 6) is -2.52. The third-order valence-corrected chi connectivity index (χ3v) is 3.27. The van der Waals surface area contributed by atoms with Crippen LogP contribution in [0.1, 0.15) is 15.9 Å². The first-order chi connectivity index (χ1) is 10.00. The predicted molar refractivity (Wildman–Crippen MR) is 68.9 cm³/mol. The molecule has 0 spiro atoms. The van der Waals surface area contributed by atoms with E-state index in [0.717, 1.165) is 14.2 Å². The Balaban J connectivity index is 2.57. The Morgan fingerprint density at radius 3 is 2.29 bits per heavy atom. The van der Waals surface area contributed by atoms with E-state index in [4.69, 9.17) is 9.47 Å². The molecule has 7 nitrogen and oxygen atoms in total. The van der Waals surface area contributed by atoms with Gasteiger partial charge in [-0.1, -0.05) is 12.1 Å². The van der Waals surface area contributed by atoms with E-state index in [2.05, 4.69) is 9.47 Å². The average Bonchev–Trinajstić information content (AvgIpc) is 2.51. The van der Waals surface area contributed by atoms with Crippen LogP contribution in [0.4, 0.5) is 0 Å². The van der Waals surface area contributed by atoms with Crippen molar-refractivity contribution in [2.24, 2.45) is 0 Å². The van der Waals surface area contributed by atoms with Gasteiger partial charge in [0, 0.05) is 6.42 Å². The van der Waals surface area contributed by atoms with Gasteiger partial charge in [0.05, 0.1) is 21.3 Å². The van der Waals surface area contributed by atoms with Crippen molar-refractivity contribution in [2.45, 2.75) is 12.0 Å². The lowest BCUT2D eigenvalue weighted by Crippen LogP contribution is -2.55. The Morgan fingerprint density at radius 2 is 1.76 bits per heavy atom. The maximum atomic E-state index is 12.2. The number of fused-ring (bicyclic) bond motifs is 1. The van der Waals surface area contributed by atoms with Crippen LogP contribution in [-0.4, -0.2) is 44.8 Å². The molecule has 0 fully saturated rings. The minimum absolute atomic E-state index is 0.176. The molecular weight excluding hydrogens is 280 g/mol. The number of esters is 3. The Kier molecular flexibility index (Phi) is 3.84. The first kappa shape index (κ1) is 14.8. The molecule has 0 N–H and O–H groups in total. The van der Waals surface area contributed by atoms with Gasteiger partial charge in [-0.15, -0.1) is 0 Å². The van der Waals surface area contributed by atoms with Crippen molar-refractivity contribution in [1.29, 1.82) is 0 Å². The lowest BCUT2D eigenvalue weighted by atomic mass is 9.88. The van der Waals surface area contributed by atoms with E-state index in [1.54, 1.807) is 18.2 Å². The molecule has 1 aromatic rings. The van der Waals surface area contributed by atoms with Crippen LogP contribution in [0.5, 0.6) is 5.75 Å². The zero-order chi connectivity index (χ0) is 15.6. The summed E-state index contributed by atoms with van der Waals surface area (Å²) in [5, 5.41) is 0. The SMILES string of the molecule is COC(=O)C1(C(=O)OC)Cc2cccc(OC)c2C(=O)O1. The van der Waals surface area contributed by atoms with Gasteiger partial charge in [-0.3, -0.25) is 0 Å². The molecule has 2 rings (SSSR count). The molecule has 21 heavy (non-hydrogen) atoms. The molecule has 0 saturated carbocycles. The van der Waals surface area contributed by atoms with E-state index in [1.807, 2.05) is 0 Å². The van der Waals surface area contributed by atoms with E-state index >= 15 is 0 Å². The van der Waals surface area contributed by atoms with Crippen LogP contribution in [0, 0.1) is 0 Å². The lowest BCUT2D eigenvalue weighted by molar-refractivity contribution is -0.181. The summed E-state index contributed by atoms with van der Waals surface area (Å²) in [5.41, 5.74) is -1.50. The van der Waals surface area contributed by atoms with Crippen molar-refractivity contribution in [2.75, 3.05) is 21.3 Å². The van der Waals surface area contributed by atoms with Crippen LogP contribution in [0.15, 0.2) is 18.2 Å². The molecule has 1 aromatic carbocycles. The summed E-state index contributed by atoms with van der Waals surface area (Å²) >= 11 is 0. The zero-order valence-electron chi connectivity index (χ0n) is 11.8. The molecule has 0 radical (unpaired) electrons. The van der Waals surface area contributed by atoms with Crippen LogP contribution in [0.3, 0.4) is 0 Å². The number of cyclic esters (lactones) is 1. The molecule has 112 valence electrons. The number of rotatable bonds is 3. The standard InChI is InChI=1S/C14H14O7/c1-18-9-6-4-5-8-7-14(12(16)19-2,13(17)20-3)21-11(15)10(8)9/h4-6H,7H2,1-3H3. The second kappa shape index (κ2) is 5.43. The minimum Gasteiger partial charge on any atom is -0.496 e. The Labute approximate surface area is 120 Å². The number of methoxy groups -OCH3 is 3. The van der Waals surface area contributed by atoms with Gasteiger partial charge in [-0.05, 0) is 11.6 Å². The first-order valence-electron chi connectivity index (χ1n) is 6.06. The maximum Gasteiger partial charge on any atom is 0.362 e. The number of hydrogen-bond acceptors (Lipinski definition) is 7. The van der Waals surface area contributed by atoms with Gasteiger partial charge >= 0.3 is 23.5 Å². The van der Waals surface area contributed by atoms with Crippen molar-refractivity contribution >= 4 is 17.9 Å². The summed E-state index contributed by atoms with van der Waals surface area (Å²) in [6, 6.07) is 4.85. The van der Waals surface area contributed by atoms with E-state index in [9.17, 15) is 14.4 Å². The molecule has 0 amide bonds. The van der Waals surface area contributed by atoms with Crippen molar-refractivity contribution in [3.63, 3.8) is 0 Å². The van der Waals surface area contributed by atoms with Crippen molar-refractivity contribution < 1.29 is 33.3 Å². The highest BCUT2D eigenvalue weighted by atomic mass is 16.6. The third kappa shape index (κ3) is 2.20. The van der Waals surface area contributed by atoms with Gasteiger partial charge in [-0.2, -0.15) is 0 Å². The number of benzene rings is 1. The summed E-state index contributed by atoms with van der Waals surface area (Å²) in [4.78, 5) is 36.1. The second-order valence-electron chi connectivity index (χ2n) is 4.37. The molecule has 1 aliphatic heterocycles. The zero-order valence-corrected chi connectivity index (χ0v) is 11.8. The molecule has 0 saturated heterocycles. The minimum atomic E-state index is -2.13. The van der Waals surface area contributed by atoms with Crippen LogP contribution in [0.25, 0.3) is 0 Å². The summed E-state index contributed by atoms with van der Waals surface area (Å²) < 4.78 is 19.3. The van der Waals surface area contributed by atoms with Crippen LogP contribution < -0.4 is 4.74 Å². The van der Waals surface area contributed by atoms with Crippen molar-refractivity contribution in [3.8, 4) is 5.75 Å². The van der Waals surface area contributed by atoms with Gasteiger partial charge < -0.3 is 18.9 Å². The molecule has 1 aliphatic rings. The monoisotopic (exact) mass is 294 g/mol. The molecular formula is C14H14O7. The van der Waals surface area contributed by atoms with Gasteiger partial charge in [0.15, 0.2) is 0 Å². The summed E-state index contributed by atoms with van der Waals surface area (Å²) in [7, 11) is 3.61. The Hall–Kier alpha value is -2.57. The van der Waals surface area contributed by atoms with E-state index in [0.29, 0.717) is 11.3 Å². The maximum absolute atomic E-state index is 12.2. The fourth-order valence-electron chi connectivity index (χ4n) is 2.28. The number of carbonyl (C=O) groups excluding carboxylic acids is 3. The van der Waals surface area contributed by atoms with Crippen LogP contribution in [0.2, 0.25) is 0 Å². The van der Waals surface area contributed by atoms with Crippen LogP contribution >= 0.6 is 0 Å². The quantitative estimate of drug-likeness (QED) is 0.455. The molecule has 1 heterocycles. The summed E-state index contributed by atoms with van der Waals surface area (Å²) in [6.07, 6.45) is -0.176. The molecule has 7 heteroatoms. The molecule has 0 aliphatic carbocycles. The third-order valence-electron chi connectivity index (χ3n) is 3.27. The smallest absolute Gasteiger partial charge is 0.362 e. The normalized spacial score (nSPS) is 15.5. The van der Waals surface area contributed by atoms with E-state index < -0.39 is 23.5 Å². The van der Waals surface area contributed by atoms with E-state index in [1.165, 1.54) is 7.11 Å². The van der Waals surface area contributed by atoms with Gasteiger partial charge in [0.25, 0.3) is 0 Å². The van der Waals surface area contributed by atoms with Crippen molar-refractivity contribution in [3.05, 3.63) is 29.3 Å². The molecule has 0 atom stereocenters. The predicted octanol–water partition coefficient (Wildman–Crippen LogP) is 0.493. The number of hydrogen-bond donors (Lipinski definition) is 0. The van der Waals surface area contributed by atoms with Gasteiger partial charge in [0.2, 0.25) is 0 Å². The Morgan fingerprint density at radius 1 is 1.14 bits per heavy atom. The number of carbonyl (C=O) groups is 3. The largest absolute Gasteiger partial charge is 0.496 e. The van der Waals surface area contributed by atoms with Gasteiger partial charge in [-0.25, -0.2) is 14.4 Å². The average molecular weight is 294 g/mol. The second-order valence-corrected chi connectivity index (χ2v) is 4.37. The van der Waals surface area contributed by atoms with Crippen molar-refractivity contribution in [1.82, 2.24) is 0 Å². The molecule has 0 aromatic heterocycles. The van der Waals surface area contributed by atoms with E-state index in [-0.39, 0.29) is 12.0 Å². The lowest BCUT2D eigenvalue weighted by Gasteiger charge is -2.32. The summed E-state index contributed by atoms with van der Waals surface area (Å²) in [6.45, 7) is 0. The fourth-order valence-corrected chi connectivity index (χ4v) is 2.28. The fraction of sp³-hybridized carbons (Fsp3) is 0.357. The highest BCUT2D eigenvalue weighted by molar-refractivity contribution is 6.09. The first-order valence-corrected chi connectivity index (χ1v) is 6.06. The molecule has 0 bridgehead atoms. The Bertz CT molecular complexity index is 589. The molecule has 0 unspecified atom stereocenters.